The van der Waals surface area contributed by atoms with Crippen LogP contribution >= 0.6 is 46.4 Å². The van der Waals surface area contributed by atoms with Gasteiger partial charge in [0.15, 0.2) is 10.3 Å². The lowest BCUT2D eigenvalue weighted by atomic mass is 10.2. The monoisotopic (exact) mass is 315 g/mol. The number of rotatable bonds is 0. The van der Waals surface area contributed by atoms with E-state index in [0.717, 1.165) is 5.56 Å². The largest absolute Gasteiger partial charge is 0.221 e. The van der Waals surface area contributed by atoms with E-state index in [-0.39, 0.29) is 20.4 Å². The van der Waals surface area contributed by atoms with Gasteiger partial charge in [0.2, 0.25) is 0 Å². The molecule has 1 aromatic carbocycles. The maximum atomic E-state index is 6.00. The van der Waals surface area contributed by atoms with Crippen LogP contribution in [0.4, 0.5) is 0 Å². The van der Waals surface area contributed by atoms with E-state index in [9.17, 15) is 0 Å². The van der Waals surface area contributed by atoms with Crippen molar-refractivity contribution < 1.29 is 0 Å². The number of benzene rings is 1. The fourth-order valence-corrected chi connectivity index (χ4v) is 2.07. The van der Waals surface area contributed by atoms with Gasteiger partial charge in [-0.3, -0.25) is 0 Å². The smallest absolute Gasteiger partial charge is 0.150 e. The molecule has 0 saturated carbocycles. The lowest BCUT2D eigenvalue weighted by Crippen LogP contribution is -1.88. The molecule has 1 aromatic heterocycles. The zero-order chi connectivity index (χ0) is 13.1. The van der Waals surface area contributed by atoms with Crippen LogP contribution in [0.25, 0.3) is 0 Å². The van der Waals surface area contributed by atoms with E-state index in [1.54, 1.807) is 0 Å². The van der Waals surface area contributed by atoms with Gasteiger partial charge in [0.1, 0.15) is 0 Å². The number of halogens is 4. The van der Waals surface area contributed by atoms with Crippen LogP contribution in [-0.4, -0.2) is 4.98 Å². The Morgan fingerprint density at radius 3 is 1.89 bits per heavy atom. The van der Waals surface area contributed by atoms with E-state index in [1.807, 2.05) is 30.3 Å². The molecule has 0 radical (unpaired) electrons. The molecule has 1 nitrogen and oxygen atoms in total. The van der Waals surface area contributed by atoms with Crippen molar-refractivity contribution in [2.24, 2.45) is 0 Å². The number of aromatic nitrogens is 1. The van der Waals surface area contributed by atoms with Crippen LogP contribution in [0.1, 0.15) is 11.1 Å². The Labute approximate surface area is 125 Å². The molecule has 0 amide bonds. The second-order valence-electron chi connectivity index (χ2n) is 3.31. The van der Waals surface area contributed by atoms with Gasteiger partial charge >= 0.3 is 0 Å². The molecule has 0 unspecified atom stereocenters. The van der Waals surface area contributed by atoms with Gasteiger partial charge in [-0.2, -0.15) is 0 Å². The summed E-state index contributed by atoms with van der Waals surface area (Å²) in [7, 11) is 0. The van der Waals surface area contributed by atoms with Crippen molar-refractivity contribution in [3.05, 3.63) is 61.8 Å². The molecule has 5 heteroatoms. The second-order valence-corrected chi connectivity index (χ2v) is 4.78. The molecule has 0 aliphatic heterocycles. The quantitative estimate of drug-likeness (QED) is 0.487. The van der Waals surface area contributed by atoms with Crippen molar-refractivity contribution in [2.45, 2.75) is 0 Å². The molecule has 0 fully saturated rings. The van der Waals surface area contributed by atoms with Gasteiger partial charge in [-0.15, -0.1) is 0 Å². The van der Waals surface area contributed by atoms with E-state index < -0.39 is 0 Å². The first kappa shape index (κ1) is 13.5. The van der Waals surface area contributed by atoms with Gasteiger partial charge in [-0.05, 0) is 12.1 Å². The maximum Gasteiger partial charge on any atom is 0.150 e. The third-order valence-corrected chi connectivity index (χ3v) is 3.58. The van der Waals surface area contributed by atoms with E-state index in [2.05, 4.69) is 16.8 Å². The zero-order valence-electron chi connectivity index (χ0n) is 8.85. The minimum absolute atomic E-state index is 0.0865. The third-order valence-electron chi connectivity index (χ3n) is 2.10. The summed E-state index contributed by atoms with van der Waals surface area (Å²) < 4.78 is 0. The van der Waals surface area contributed by atoms with Crippen LogP contribution in [0.3, 0.4) is 0 Å². The molecule has 0 N–H and O–H groups in total. The molecule has 18 heavy (non-hydrogen) atoms. The van der Waals surface area contributed by atoms with Crippen LogP contribution in [0, 0.1) is 11.8 Å². The summed E-state index contributed by atoms with van der Waals surface area (Å²) in [6, 6.07) is 9.43. The summed E-state index contributed by atoms with van der Waals surface area (Å²) in [6.45, 7) is 0. The number of pyridine rings is 1. The molecule has 2 aromatic rings. The van der Waals surface area contributed by atoms with Crippen LogP contribution in [0.15, 0.2) is 30.3 Å². The van der Waals surface area contributed by atoms with Gasteiger partial charge in [-0.1, -0.05) is 76.4 Å². The highest BCUT2D eigenvalue weighted by molar-refractivity contribution is 6.47. The van der Waals surface area contributed by atoms with Crippen LogP contribution < -0.4 is 0 Å². The minimum atomic E-state index is 0.0865. The number of hydrogen-bond donors (Lipinski definition) is 0. The van der Waals surface area contributed by atoms with Gasteiger partial charge in [0.05, 0.1) is 15.6 Å². The summed E-state index contributed by atoms with van der Waals surface area (Å²) >= 11 is 23.6. The summed E-state index contributed by atoms with van der Waals surface area (Å²) in [5.74, 6) is 5.79. The molecular formula is C13H5Cl4N. The minimum Gasteiger partial charge on any atom is -0.221 e. The van der Waals surface area contributed by atoms with Crippen molar-refractivity contribution in [2.75, 3.05) is 0 Å². The Hall–Kier alpha value is -0.910. The summed E-state index contributed by atoms with van der Waals surface area (Å²) in [5.41, 5.74) is 1.22. The normalized spacial score (nSPS) is 9.78. The topological polar surface area (TPSA) is 12.9 Å². The average Bonchev–Trinajstić information content (AvgIpc) is 2.38. The predicted octanol–water partition coefficient (Wildman–Crippen LogP) is 5.10. The Bertz CT molecular complexity index is 615. The molecular weight excluding hydrogens is 312 g/mol. The van der Waals surface area contributed by atoms with E-state index in [4.69, 9.17) is 46.4 Å². The van der Waals surface area contributed by atoms with Gasteiger partial charge < -0.3 is 0 Å². The van der Waals surface area contributed by atoms with Crippen molar-refractivity contribution in [1.82, 2.24) is 4.98 Å². The second kappa shape index (κ2) is 5.82. The Balaban J connectivity index is 2.51. The highest BCUT2D eigenvalue weighted by atomic mass is 35.5. The first-order chi connectivity index (χ1) is 8.59. The maximum absolute atomic E-state index is 6.00. The van der Waals surface area contributed by atoms with Crippen LogP contribution in [0.2, 0.25) is 20.4 Å². The first-order valence-electron chi connectivity index (χ1n) is 4.86. The SMILES string of the molecule is Clc1nc(Cl)c(Cl)c(C#Cc2ccccc2)c1Cl. The zero-order valence-corrected chi connectivity index (χ0v) is 11.9. The molecule has 0 atom stereocenters. The molecule has 0 aliphatic rings. The lowest BCUT2D eigenvalue weighted by Gasteiger charge is -2.03. The molecule has 1 heterocycles. The number of hydrogen-bond acceptors (Lipinski definition) is 1. The standard InChI is InChI=1S/C13H5Cl4N/c14-10-9(11(15)13(17)18-12(10)16)7-6-8-4-2-1-3-5-8/h1-5H. The Morgan fingerprint density at radius 2 is 1.33 bits per heavy atom. The summed E-state index contributed by atoms with van der Waals surface area (Å²) in [4.78, 5) is 3.79. The highest BCUT2D eigenvalue weighted by Gasteiger charge is 2.13. The van der Waals surface area contributed by atoms with Gasteiger partial charge in [-0.25, -0.2) is 4.98 Å². The first-order valence-corrected chi connectivity index (χ1v) is 6.38. The van der Waals surface area contributed by atoms with E-state index in [0.29, 0.717) is 5.56 Å². The van der Waals surface area contributed by atoms with E-state index >= 15 is 0 Å². The Morgan fingerprint density at radius 1 is 0.778 bits per heavy atom. The predicted molar refractivity (Wildman–Crippen MR) is 76.7 cm³/mol. The fourth-order valence-electron chi connectivity index (χ4n) is 1.25. The lowest BCUT2D eigenvalue weighted by molar-refractivity contribution is 1.32. The van der Waals surface area contributed by atoms with Gasteiger partial charge in [0.25, 0.3) is 0 Å². The third kappa shape index (κ3) is 2.91. The molecule has 2 rings (SSSR count). The Kier molecular flexibility index (Phi) is 4.37. The molecule has 0 aliphatic carbocycles. The summed E-state index contributed by atoms with van der Waals surface area (Å²) in [6.07, 6.45) is 0. The van der Waals surface area contributed by atoms with Crippen LogP contribution in [0.5, 0.6) is 0 Å². The average molecular weight is 317 g/mol. The van der Waals surface area contributed by atoms with Crippen LogP contribution in [-0.2, 0) is 0 Å². The molecule has 0 bridgehead atoms. The molecule has 90 valence electrons. The van der Waals surface area contributed by atoms with Crippen molar-refractivity contribution >= 4 is 46.4 Å². The van der Waals surface area contributed by atoms with E-state index in [1.165, 1.54) is 0 Å². The van der Waals surface area contributed by atoms with Gasteiger partial charge in [0, 0.05) is 5.56 Å². The molecule has 0 saturated heterocycles. The van der Waals surface area contributed by atoms with Crippen molar-refractivity contribution in [3.63, 3.8) is 0 Å². The van der Waals surface area contributed by atoms with Crippen molar-refractivity contribution in [3.8, 4) is 11.8 Å². The number of nitrogens with zero attached hydrogens (tertiary/aromatic N) is 1. The molecule has 0 spiro atoms. The van der Waals surface area contributed by atoms with Crippen molar-refractivity contribution in [1.29, 1.82) is 0 Å². The highest BCUT2D eigenvalue weighted by Crippen LogP contribution is 2.33. The summed E-state index contributed by atoms with van der Waals surface area (Å²) in [5, 5.41) is 0.579. The fraction of sp³-hybridized carbons (Fsp3) is 0.